The number of nitrogens with zero attached hydrogens (tertiary/aromatic N) is 1. The van der Waals surface area contributed by atoms with Gasteiger partial charge < -0.3 is 19.5 Å². The van der Waals surface area contributed by atoms with Crippen molar-refractivity contribution in [1.82, 2.24) is 4.90 Å². The summed E-state index contributed by atoms with van der Waals surface area (Å²) in [4.78, 5) is 25.3. The second-order valence-electron chi connectivity index (χ2n) is 6.04. The number of hydrogen-bond donors (Lipinski definition) is 1. The molecule has 1 N–H and O–H groups in total. The van der Waals surface area contributed by atoms with Crippen molar-refractivity contribution >= 4 is 11.9 Å². The lowest BCUT2D eigenvalue weighted by Gasteiger charge is -2.38. The van der Waals surface area contributed by atoms with Crippen molar-refractivity contribution in [3.05, 3.63) is 23.8 Å². The predicted octanol–water partition coefficient (Wildman–Crippen LogP) is 2.31. The Kier molecular flexibility index (Phi) is 5.13. The van der Waals surface area contributed by atoms with Crippen LogP contribution >= 0.6 is 0 Å². The zero-order valence-electron chi connectivity index (χ0n) is 13.8. The van der Waals surface area contributed by atoms with Crippen molar-refractivity contribution in [2.75, 3.05) is 21.3 Å². The molecule has 0 aromatic heterocycles. The van der Waals surface area contributed by atoms with Gasteiger partial charge in [0.1, 0.15) is 11.5 Å². The van der Waals surface area contributed by atoms with Gasteiger partial charge in [0.25, 0.3) is 0 Å². The van der Waals surface area contributed by atoms with E-state index in [2.05, 4.69) is 0 Å². The molecule has 126 valence electrons. The van der Waals surface area contributed by atoms with E-state index in [1.165, 1.54) is 0 Å². The van der Waals surface area contributed by atoms with Crippen LogP contribution in [0.3, 0.4) is 0 Å². The van der Waals surface area contributed by atoms with Crippen molar-refractivity contribution in [1.29, 1.82) is 0 Å². The number of amides is 1. The molecule has 0 atom stereocenters. The van der Waals surface area contributed by atoms with Crippen LogP contribution in [-0.4, -0.2) is 43.2 Å². The zero-order valence-corrected chi connectivity index (χ0v) is 13.8. The molecule has 0 aliphatic heterocycles. The maximum Gasteiger partial charge on any atom is 0.310 e. The Bertz CT molecular complexity index is 595. The van der Waals surface area contributed by atoms with Gasteiger partial charge in [0.2, 0.25) is 5.91 Å². The molecule has 1 aromatic rings. The second-order valence-corrected chi connectivity index (χ2v) is 6.04. The van der Waals surface area contributed by atoms with E-state index in [1.54, 1.807) is 38.3 Å². The molecule has 0 radical (unpaired) electrons. The predicted molar refractivity (Wildman–Crippen MR) is 84.6 cm³/mol. The van der Waals surface area contributed by atoms with Gasteiger partial charge in [0.05, 0.1) is 19.6 Å². The van der Waals surface area contributed by atoms with Crippen LogP contribution in [0.15, 0.2) is 18.2 Å². The Balaban J connectivity index is 2.05. The largest absolute Gasteiger partial charge is 0.497 e. The maximum absolute atomic E-state index is 12.4. The molecule has 1 aliphatic rings. The third kappa shape index (κ3) is 3.57. The molecular formula is C17H23NO5. The first-order valence-electron chi connectivity index (χ1n) is 7.60. The monoisotopic (exact) mass is 321 g/mol. The number of carbonyl (C=O) groups excluding carboxylic acids is 1. The molecule has 1 fully saturated rings. The molecule has 0 spiro atoms. The van der Waals surface area contributed by atoms with Crippen LogP contribution in [0.25, 0.3) is 0 Å². The molecule has 23 heavy (non-hydrogen) atoms. The van der Waals surface area contributed by atoms with Crippen LogP contribution in [0, 0.1) is 5.41 Å². The van der Waals surface area contributed by atoms with E-state index in [0.29, 0.717) is 30.9 Å². The third-order valence-corrected chi connectivity index (χ3v) is 4.58. The van der Waals surface area contributed by atoms with Crippen molar-refractivity contribution in [2.24, 2.45) is 5.41 Å². The van der Waals surface area contributed by atoms with E-state index in [4.69, 9.17) is 9.47 Å². The van der Waals surface area contributed by atoms with Gasteiger partial charge in [0, 0.05) is 31.6 Å². The minimum Gasteiger partial charge on any atom is -0.497 e. The highest BCUT2D eigenvalue weighted by Gasteiger charge is 2.46. The number of hydrogen-bond acceptors (Lipinski definition) is 4. The van der Waals surface area contributed by atoms with E-state index in [9.17, 15) is 14.7 Å². The summed E-state index contributed by atoms with van der Waals surface area (Å²) in [6.45, 7) is 0.363. The summed E-state index contributed by atoms with van der Waals surface area (Å²) in [5.41, 5.74) is -0.0165. The summed E-state index contributed by atoms with van der Waals surface area (Å²) >= 11 is 0. The van der Waals surface area contributed by atoms with Gasteiger partial charge in [-0.1, -0.05) is 6.42 Å². The van der Waals surface area contributed by atoms with Gasteiger partial charge in [0.15, 0.2) is 0 Å². The minimum atomic E-state index is -0.868. The summed E-state index contributed by atoms with van der Waals surface area (Å²) in [6.07, 6.45) is 2.08. The first-order chi connectivity index (χ1) is 10.9. The van der Waals surface area contributed by atoms with Crippen molar-refractivity contribution < 1.29 is 24.2 Å². The summed E-state index contributed by atoms with van der Waals surface area (Å²) in [6, 6.07) is 5.41. The Morgan fingerprint density at radius 3 is 2.43 bits per heavy atom. The van der Waals surface area contributed by atoms with Gasteiger partial charge in [-0.15, -0.1) is 0 Å². The molecule has 1 amide bonds. The first-order valence-corrected chi connectivity index (χ1v) is 7.60. The molecule has 0 bridgehead atoms. The number of rotatable bonds is 7. The quantitative estimate of drug-likeness (QED) is 0.834. The van der Waals surface area contributed by atoms with Crippen molar-refractivity contribution in [2.45, 2.75) is 32.2 Å². The van der Waals surface area contributed by atoms with Gasteiger partial charge in [-0.3, -0.25) is 9.59 Å². The average Bonchev–Trinajstić information content (AvgIpc) is 2.50. The van der Waals surface area contributed by atoms with E-state index in [0.717, 1.165) is 12.0 Å². The fourth-order valence-corrected chi connectivity index (χ4v) is 2.82. The fraction of sp³-hybridized carbons (Fsp3) is 0.529. The fourth-order valence-electron chi connectivity index (χ4n) is 2.82. The number of methoxy groups -OCH3 is 2. The number of aliphatic carboxylic acids is 1. The molecule has 0 saturated heterocycles. The van der Waals surface area contributed by atoms with Crippen LogP contribution in [0.1, 0.15) is 31.2 Å². The van der Waals surface area contributed by atoms with Gasteiger partial charge in [-0.25, -0.2) is 0 Å². The third-order valence-electron chi connectivity index (χ3n) is 4.58. The maximum atomic E-state index is 12.4. The molecule has 1 saturated carbocycles. The summed E-state index contributed by atoms with van der Waals surface area (Å²) < 4.78 is 10.5. The van der Waals surface area contributed by atoms with Crippen LogP contribution in [0.4, 0.5) is 0 Å². The molecule has 1 aliphatic carbocycles. The molecule has 2 rings (SSSR count). The summed E-state index contributed by atoms with van der Waals surface area (Å²) in [7, 11) is 4.82. The van der Waals surface area contributed by atoms with Crippen LogP contribution < -0.4 is 9.47 Å². The summed E-state index contributed by atoms with van der Waals surface area (Å²) in [5, 5.41) is 9.34. The van der Waals surface area contributed by atoms with Gasteiger partial charge >= 0.3 is 5.97 Å². The molecule has 1 aromatic carbocycles. The standard InChI is InChI=1S/C17H23NO5/c1-18(15(19)10-17(16(20)21)7-4-8-17)11-12-5-6-13(22-2)9-14(12)23-3/h5-6,9H,4,7-8,10-11H2,1-3H3,(H,20,21). The Morgan fingerprint density at radius 1 is 1.26 bits per heavy atom. The topological polar surface area (TPSA) is 76.1 Å². The molecular weight excluding hydrogens is 298 g/mol. The zero-order chi connectivity index (χ0) is 17.0. The average molecular weight is 321 g/mol. The van der Waals surface area contributed by atoms with Crippen molar-refractivity contribution in [3.63, 3.8) is 0 Å². The lowest BCUT2D eigenvalue weighted by atomic mass is 9.66. The Labute approximate surface area is 136 Å². The number of carboxylic acid groups (broad SMARTS) is 1. The Hall–Kier alpha value is -2.24. The number of carboxylic acids is 1. The summed E-state index contributed by atoms with van der Waals surface area (Å²) in [5.74, 6) is 0.289. The lowest BCUT2D eigenvalue weighted by Crippen LogP contribution is -2.42. The van der Waals surface area contributed by atoms with Crippen LogP contribution in [0.5, 0.6) is 11.5 Å². The van der Waals surface area contributed by atoms with E-state index in [-0.39, 0.29) is 12.3 Å². The molecule has 0 heterocycles. The van der Waals surface area contributed by atoms with Crippen LogP contribution in [0.2, 0.25) is 0 Å². The number of carbonyl (C=O) groups is 2. The van der Waals surface area contributed by atoms with E-state index >= 15 is 0 Å². The highest BCUT2D eigenvalue weighted by molar-refractivity contribution is 5.85. The highest BCUT2D eigenvalue weighted by Crippen LogP contribution is 2.44. The number of benzene rings is 1. The van der Waals surface area contributed by atoms with Gasteiger partial charge in [-0.2, -0.15) is 0 Å². The molecule has 6 heteroatoms. The minimum absolute atomic E-state index is 0.0529. The highest BCUT2D eigenvalue weighted by atomic mass is 16.5. The number of ether oxygens (including phenoxy) is 2. The molecule has 0 unspecified atom stereocenters. The smallest absolute Gasteiger partial charge is 0.310 e. The van der Waals surface area contributed by atoms with Gasteiger partial charge in [-0.05, 0) is 25.0 Å². The van der Waals surface area contributed by atoms with E-state index in [1.807, 2.05) is 6.07 Å². The Morgan fingerprint density at radius 2 is 1.96 bits per heavy atom. The normalized spacial score (nSPS) is 15.4. The second kappa shape index (κ2) is 6.89. The van der Waals surface area contributed by atoms with Crippen LogP contribution in [-0.2, 0) is 16.1 Å². The SMILES string of the molecule is COc1ccc(CN(C)C(=O)CC2(C(=O)O)CCC2)c(OC)c1. The molecule has 6 nitrogen and oxygen atoms in total. The lowest BCUT2D eigenvalue weighted by molar-refractivity contribution is -0.159. The van der Waals surface area contributed by atoms with Crippen molar-refractivity contribution in [3.8, 4) is 11.5 Å². The first kappa shape index (κ1) is 17.1. The van der Waals surface area contributed by atoms with E-state index < -0.39 is 11.4 Å².